The zero-order valence-electron chi connectivity index (χ0n) is 10.2. The molecule has 15 heavy (non-hydrogen) atoms. The van der Waals surface area contributed by atoms with E-state index in [0.29, 0.717) is 6.10 Å². The van der Waals surface area contributed by atoms with Gasteiger partial charge in [0.25, 0.3) is 0 Å². The van der Waals surface area contributed by atoms with Crippen molar-refractivity contribution in [1.82, 2.24) is 0 Å². The average molecular weight is 339 g/mol. The number of hydrogen-bond acceptors (Lipinski definition) is 1. The molecular weight excluding hydrogens is 314 g/mol. The second-order valence-electron chi connectivity index (χ2n) is 4.16. The van der Waals surface area contributed by atoms with E-state index >= 15 is 0 Å². The minimum absolute atomic E-state index is 0.482. The van der Waals surface area contributed by atoms with E-state index in [1.54, 1.807) is 0 Å². The van der Waals surface area contributed by atoms with Crippen LogP contribution in [0.2, 0.25) is 0 Å². The molecule has 0 fully saturated rings. The van der Waals surface area contributed by atoms with Crippen LogP contribution >= 0.6 is 8.92 Å². The predicted octanol–water partition coefficient (Wildman–Crippen LogP) is 4.70. The summed E-state index contributed by atoms with van der Waals surface area (Å²) in [6.45, 7) is 4.49. The minimum atomic E-state index is -0.976. The number of rotatable bonds is 11. The Morgan fingerprint density at radius 3 is 2.13 bits per heavy atom. The third-order valence-corrected chi connectivity index (χ3v) is 4.52. The van der Waals surface area contributed by atoms with Gasteiger partial charge in [0.2, 0.25) is 0 Å². The van der Waals surface area contributed by atoms with Crippen LogP contribution in [0.1, 0.15) is 71.6 Å². The van der Waals surface area contributed by atoms with Gasteiger partial charge in [-0.1, -0.05) is 0 Å². The molecule has 1 unspecified atom stereocenters. The molecule has 0 heterocycles. The monoisotopic (exact) mass is 340 g/mol. The summed E-state index contributed by atoms with van der Waals surface area (Å²) in [6, 6.07) is 0. The van der Waals surface area contributed by atoms with E-state index < -0.39 is 20.4 Å². The summed E-state index contributed by atoms with van der Waals surface area (Å²) in [7, 11) is 5.79. The fraction of sp³-hybridized carbons (Fsp3) is 1.00. The maximum atomic E-state index is 5.79. The Labute approximate surface area is 110 Å². The van der Waals surface area contributed by atoms with Gasteiger partial charge in [0.15, 0.2) is 0 Å². The normalized spacial score (nSPS) is 13.0. The first kappa shape index (κ1) is 16.0. The molecule has 0 aromatic rings. The number of unbranched alkanes of at least 4 members (excludes halogenated alkanes) is 5. The van der Waals surface area contributed by atoms with Crippen molar-refractivity contribution in [1.29, 1.82) is 0 Å². The van der Waals surface area contributed by atoms with E-state index in [4.69, 9.17) is 12.0 Å². The standard InChI is InChI=1S/C12H25O.ClH.Sn/c1-3-5-7-8-9-11-12(13)10-6-4-2;;/h12H,3-11H2,1-2H3;1H;/q-1;;+2/p-1. The van der Waals surface area contributed by atoms with Gasteiger partial charge in [-0.2, -0.15) is 0 Å². The first-order valence-electron chi connectivity index (χ1n) is 6.36. The molecule has 0 aromatic carbocycles. The van der Waals surface area contributed by atoms with Crippen molar-refractivity contribution < 1.29 is 3.07 Å². The molecule has 0 spiro atoms. The fourth-order valence-electron chi connectivity index (χ4n) is 1.73. The van der Waals surface area contributed by atoms with E-state index in [1.807, 2.05) is 0 Å². The van der Waals surface area contributed by atoms with Crippen LogP contribution in [0.4, 0.5) is 0 Å². The van der Waals surface area contributed by atoms with E-state index in [0.717, 1.165) is 0 Å². The summed E-state index contributed by atoms with van der Waals surface area (Å²) in [5.74, 6) is 0. The van der Waals surface area contributed by atoms with Crippen molar-refractivity contribution in [3.63, 3.8) is 0 Å². The van der Waals surface area contributed by atoms with E-state index in [2.05, 4.69) is 13.8 Å². The van der Waals surface area contributed by atoms with Crippen LogP contribution in [0.15, 0.2) is 0 Å². The Morgan fingerprint density at radius 2 is 1.53 bits per heavy atom. The Bertz CT molecular complexity index is 122. The molecule has 0 amide bonds. The van der Waals surface area contributed by atoms with Gasteiger partial charge >= 0.3 is 110 Å². The molecule has 1 atom stereocenters. The van der Waals surface area contributed by atoms with E-state index in [9.17, 15) is 0 Å². The molecule has 3 heteroatoms. The summed E-state index contributed by atoms with van der Waals surface area (Å²) in [5.41, 5.74) is 0. The molecular formula is C12H25ClOSn. The summed E-state index contributed by atoms with van der Waals surface area (Å²) in [5, 5.41) is 0. The number of hydrogen-bond donors (Lipinski definition) is 0. The molecule has 90 valence electrons. The molecule has 0 saturated heterocycles. The van der Waals surface area contributed by atoms with Crippen LogP contribution in [-0.4, -0.2) is 26.5 Å². The van der Waals surface area contributed by atoms with Crippen LogP contribution in [0.5, 0.6) is 0 Å². The van der Waals surface area contributed by atoms with Crippen molar-refractivity contribution in [2.75, 3.05) is 0 Å². The molecule has 0 aliphatic rings. The van der Waals surface area contributed by atoms with Crippen molar-refractivity contribution >= 4 is 29.4 Å². The van der Waals surface area contributed by atoms with Gasteiger partial charge in [0.05, 0.1) is 0 Å². The first-order chi connectivity index (χ1) is 7.35. The molecule has 0 N–H and O–H groups in total. The summed E-state index contributed by atoms with van der Waals surface area (Å²) in [4.78, 5) is 0. The van der Waals surface area contributed by atoms with Crippen LogP contribution in [0, 0.1) is 0 Å². The van der Waals surface area contributed by atoms with Gasteiger partial charge in [-0.05, 0) is 0 Å². The second kappa shape index (κ2) is 13.1. The van der Waals surface area contributed by atoms with E-state index in [-0.39, 0.29) is 0 Å². The molecule has 2 radical (unpaired) electrons. The van der Waals surface area contributed by atoms with Crippen molar-refractivity contribution in [2.24, 2.45) is 0 Å². The summed E-state index contributed by atoms with van der Waals surface area (Å²) >= 11 is -0.976. The molecule has 0 bridgehead atoms. The Morgan fingerprint density at radius 1 is 0.933 bits per heavy atom. The van der Waals surface area contributed by atoms with Gasteiger partial charge in [-0.15, -0.1) is 0 Å². The van der Waals surface area contributed by atoms with Gasteiger partial charge in [-0.3, -0.25) is 0 Å². The Balaban J connectivity index is 3.38. The zero-order valence-corrected chi connectivity index (χ0v) is 13.8. The first-order valence-corrected chi connectivity index (χ1v) is 11.1. The number of halogens is 1. The van der Waals surface area contributed by atoms with Gasteiger partial charge < -0.3 is 0 Å². The third kappa shape index (κ3) is 11.3. The molecule has 1 nitrogen and oxygen atoms in total. The predicted molar refractivity (Wildman–Crippen MR) is 69.4 cm³/mol. The topological polar surface area (TPSA) is 9.23 Å². The molecule has 0 saturated carbocycles. The second-order valence-corrected chi connectivity index (χ2v) is 6.31. The zero-order chi connectivity index (χ0) is 11.4. The molecule has 0 aliphatic carbocycles. The van der Waals surface area contributed by atoms with Crippen LogP contribution in [-0.2, 0) is 3.07 Å². The Hall–Kier alpha value is 1.05. The maximum absolute atomic E-state index is 5.79. The summed E-state index contributed by atoms with van der Waals surface area (Å²) < 4.78 is 5.69. The third-order valence-electron chi connectivity index (χ3n) is 2.72. The van der Waals surface area contributed by atoms with Crippen LogP contribution in [0.3, 0.4) is 0 Å². The van der Waals surface area contributed by atoms with Crippen molar-refractivity contribution in [3.05, 3.63) is 0 Å². The van der Waals surface area contributed by atoms with Crippen LogP contribution in [0.25, 0.3) is 0 Å². The average Bonchev–Trinajstić information content (AvgIpc) is 2.25. The van der Waals surface area contributed by atoms with Gasteiger partial charge in [0.1, 0.15) is 0 Å². The molecule has 0 rings (SSSR count). The Kier molecular flexibility index (Phi) is 14.0. The van der Waals surface area contributed by atoms with Gasteiger partial charge in [0, 0.05) is 0 Å². The fourth-order valence-corrected chi connectivity index (χ4v) is 3.61. The molecule has 0 aliphatic heterocycles. The summed E-state index contributed by atoms with van der Waals surface area (Å²) in [6.07, 6.45) is 12.3. The van der Waals surface area contributed by atoms with Crippen molar-refractivity contribution in [2.45, 2.75) is 77.7 Å². The van der Waals surface area contributed by atoms with Gasteiger partial charge in [-0.25, -0.2) is 0 Å². The molecule has 0 aromatic heterocycles. The van der Waals surface area contributed by atoms with Crippen molar-refractivity contribution in [3.8, 4) is 0 Å². The van der Waals surface area contributed by atoms with E-state index in [1.165, 1.54) is 57.8 Å². The quantitative estimate of drug-likeness (QED) is 0.392. The SMILES string of the molecule is CCCCCCCC(CCCC)[O][Sn][Cl]. The van der Waals surface area contributed by atoms with Crippen LogP contribution < -0.4 is 0 Å².